The van der Waals surface area contributed by atoms with Crippen LogP contribution in [0.2, 0.25) is 0 Å². The highest BCUT2D eigenvalue weighted by Crippen LogP contribution is 2.30. The molecule has 2 aromatic rings. The van der Waals surface area contributed by atoms with E-state index in [1.807, 2.05) is 31.2 Å². The first kappa shape index (κ1) is 28.6. The van der Waals surface area contributed by atoms with E-state index in [9.17, 15) is 18.0 Å². The third-order valence-corrected chi connectivity index (χ3v) is 6.97. The minimum absolute atomic E-state index is 0.144. The van der Waals surface area contributed by atoms with E-state index in [1.54, 1.807) is 38.1 Å². The molecule has 0 bridgehead atoms. The number of carbonyl (C=O) groups is 2. The smallest absolute Gasteiger partial charge is 0.244 e. The van der Waals surface area contributed by atoms with Crippen molar-refractivity contribution >= 4 is 43.5 Å². The molecule has 0 saturated carbocycles. The minimum Gasteiger partial charge on any atom is -0.492 e. The van der Waals surface area contributed by atoms with Crippen LogP contribution in [0.1, 0.15) is 39.2 Å². The molecule has 0 radical (unpaired) electrons. The van der Waals surface area contributed by atoms with E-state index in [0.29, 0.717) is 18.9 Å². The van der Waals surface area contributed by atoms with Crippen LogP contribution >= 0.6 is 15.9 Å². The second-order valence-corrected chi connectivity index (χ2v) is 11.0. The van der Waals surface area contributed by atoms with Crippen molar-refractivity contribution in [3.8, 4) is 5.75 Å². The molecule has 35 heavy (non-hydrogen) atoms. The lowest BCUT2D eigenvalue weighted by molar-refractivity contribution is -0.139. The number of anilines is 1. The topological polar surface area (TPSA) is 96.0 Å². The Labute approximate surface area is 216 Å². The fourth-order valence-electron chi connectivity index (χ4n) is 3.49. The summed E-state index contributed by atoms with van der Waals surface area (Å²) >= 11 is 3.43. The fraction of sp³-hybridized carbons (Fsp3) is 0.440. The van der Waals surface area contributed by atoms with Gasteiger partial charge < -0.3 is 15.0 Å². The molecule has 8 nitrogen and oxygen atoms in total. The van der Waals surface area contributed by atoms with Crippen molar-refractivity contribution in [2.24, 2.45) is 0 Å². The number of amides is 2. The lowest BCUT2D eigenvalue weighted by Crippen LogP contribution is -2.51. The normalized spacial score (nSPS) is 12.0. The number of para-hydroxylation sites is 2. The summed E-state index contributed by atoms with van der Waals surface area (Å²) in [5, 5.41) is 2.86. The Kier molecular flexibility index (Phi) is 11.0. The van der Waals surface area contributed by atoms with Crippen molar-refractivity contribution in [2.45, 2.75) is 46.2 Å². The van der Waals surface area contributed by atoms with E-state index in [1.165, 1.54) is 4.90 Å². The van der Waals surface area contributed by atoms with Gasteiger partial charge in [-0.15, -0.1) is 0 Å². The standard InChI is InChI=1S/C25H34BrN3O5S/c1-5-7-15-27-25(31)19(3)28(17-20-11-10-12-21(26)16-20)24(30)18-29(35(4,32)33)22-13-8-9-14-23(22)34-6-2/h8-14,16,19H,5-7,15,17-18H2,1-4H3,(H,27,31)/t19-/m1/s1. The van der Waals surface area contributed by atoms with Crippen molar-refractivity contribution in [3.05, 3.63) is 58.6 Å². The van der Waals surface area contributed by atoms with Gasteiger partial charge in [-0.25, -0.2) is 8.42 Å². The lowest BCUT2D eigenvalue weighted by atomic mass is 10.1. The molecule has 10 heteroatoms. The van der Waals surface area contributed by atoms with Gasteiger partial charge in [-0.3, -0.25) is 13.9 Å². The molecule has 0 fully saturated rings. The van der Waals surface area contributed by atoms with Crippen molar-refractivity contribution in [1.82, 2.24) is 10.2 Å². The molecule has 2 aromatic carbocycles. The maximum Gasteiger partial charge on any atom is 0.244 e. The molecule has 0 aromatic heterocycles. The summed E-state index contributed by atoms with van der Waals surface area (Å²) in [6.45, 7) is 6.00. The maximum atomic E-state index is 13.6. The van der Waals surface area contributed by atoms with Gasteiger partial charge in [0, 0.05) is 17.6 Å². The molecule has 0 aliphatic heterocycles. The van der Waals surface area contributed by atoms with Gasteiger partial charge in [-0.05, 0) is 50.1 Å². The summed E-state index contributed by atoms with van der Waals surface area (Å²) in [6, 6.07) is 13.3. The van der Waals surface area contributed by atoms with Crippen LogP contribution in [0.15, 0.2) is 53.0 Å². The van der Waals surface area contributed by atoms with Crippen LogP contribution < -0.4 is 14.4 Å². The zero-order chi connectivity index (χ0) is 26.0. The predicted molar refractivity (Wildman–Crippen MR) is 142 cm³/mol. The highest BCUT2D eigenvalue weighted by atomic mass is 79.9. The number of nitrogens with zero attached hydrogens (tertiary/aromatic N) is 2. The van der Waals surface area contributed by atoms with Gasteiger partial charge in [0.2, 0.25) is 21.8 Å². The first-order valence-electron chi connectivity index (χ1n) is 11.6. The number of halogens is 1. The van der Waals surface area contributed by atoms with Gasteiger partial charge in [0.25, 0.3) is 0 Å². The average molecular weight is 569 g/mol. The zero-order valence-corrected chi connectivity index (χ0v) is 23.1. The molecule has 0 unspecified atom stereocenters. The lowest BCUT2D eigenvalue weighted by Gasteiger charge is -2.32. The van der Waals surface area contributed by atoms with Crippen molar-refractivity contribution < 1.29 is 22.7 Å². The van der Waals surface area contributed by atoms with E-state index in [2.05, 4.69) is 21.2 Å². The van der Waals surface area contributed by atoms with Crippen molar-refractivity contribution in [2.75, 3.05) is 30.3 Å². The number of nitrogens with one attached hydrogen (secondary N) is 1. The van der Waals surface area contributed by atoms with Crippen LogP contribution in [-0.2, 0) is 26.2 Å². The molecule has 1 N–H and O–H groups in total. The molecule has 0 saturated heterocycles. The van der Waals surface area contributed by atoms with Gasteiger partial charge in [0.1, 0.15) is 18.3 Å². The SMILES string of the molecule is CCCCNC(=O)[C@@H](C)N(Cc1cccc(Br)c1)C(=O)CN(c1ccccc1OCC)S(C)(=O)=O. The van der Waals surface area contributed by atoms with E-state index < -0.39 is 28.5 Å². The number of unbranched alkanes of at least 4 members (excludes halogenated alkanes) is 1. The first-order valence-corrected chi connectivity index (χ1v) is 14.2. The highest BCUT2D eigenvalue weighted by molar-refractivity contribution is 9.10. The number of ether oxygens (including phenoxy) is 1. The monoisotopic (exact) mass is 567 g/mol. The molecular weight excluding hydrogens is 534 g/mol. The number of hydrogen-bond acceptors (Lipinski definition) is 5. The Hall–Kier alpha value is -2.59. The number of sulfonamides is 1. The number of hydrogen-bond donors (Lipinski definition) is 1. The van der Waals surface area contributed by atoms with Gasteiger partial charge in [0.15, 0.2) is 0 Å². The van der Waals surface area contributed by atoms with E-state index in [4.69, 9.17) is 4.74 Å². The Morgan fingerprint density at radius 2 is 1.83 bits per heavy atom. The van der Waals surface area contributed by atoms with E-state index in [-0.39, 0.29) is 18.1 Å². The van der Waals surface area contributed by atoms with Gasteiger partial charge in [-0.1, -0.05) is 53.5 Å². The molecule has 1 atom stereocenters. The van der Waals surface area contributed by atoms with Gasteiger partial charge >= 0.3 is 0 Å². The van der Waals surface area contributed by atoms with Crippen LogP contribution in [-0.4, -0.2) is 57.1 Å². The zero-order valence-electron chi connectivity index (χ0n) is 20.7. The molecule has 0 aliphatic rings. The van der Waals surface area contributed by atoms with Crippen LogP contribution in [0.4, 0.5) is 5.69 Å². The Bertz CT molecular complexity index is 1110. The largest absolute Gasteiger partial charge is 0.492 e. The van der Waals surface area contributed by atoms with Crippen LogP contribution in [0, 0.1) is 0 Å². The summed E-state index contributed by atoms with van der Waals surface area (Å²) in [6.07, 6.45) is 2.80. The molecule has 0 aliphatic carbocycles. The van der Waals surface area contributed by atoms with Gasteiger partial charge in [0.05, 0.1) is 18.6 Å². The summed E-state index contributed by atoms with van der Waals surface area (Å²) in [7, 11) is -3.83. The van der Waals surface area contributed by atoms with Gasteiger partial charge in [-0.2, -0.15) is 0 Å². The number of carbonyl (C=O) groups excluding carboxylic acids is 2. The highest BCUT2D eigenvalue weighted by Gasteiger charge is 2.31. The Balaban J connectivity index is 2.39. The maximum absolute atomic E-state index is 13.6. The first-order chi connectivity index (χ1) is 16.6. The van der Waals surface area contributed by atoms with E-state index >= 15 is 0 Å². The van der Waals surface area contributed by atoms with Crippen molar-refractivity contribution in [1.29, 1.82) is 0 Å². The number of rotatable bonds is 13. The average Bonchev–Trinajstić information content (AvgIpc) is 2.80. The summed E-state index contributed by atoms with van der Waals surface area (Å²) in [5.74, 6) is -0.431. The Morgan fingerprint density at radius 3 is 2.46 bits per heavy atom. The van der Waals surface area contributed by atoms with E-state index in [0.717, 1.165) is 33.4 Å². The summed E-state index contributed by atoms with van der Waals surface area (Å²) in [5.41, 5.74) is 1.08. The molecule has 0 spiro atoms. The second-order valence-electron chi connectivity index (χ2n) is 8.14. The van der Waals surface area contributed by atoms with Crippen LogP contribution in [0.3, 0.4) is 0 Å². The van der Waals surface area contributed by atoms with Crippen LogP contribution in [0.25, 0.3) is 0 Å². The molecule has 2 rings (SSSR count). The third kappa shape index (κ3) is 8.54. The molecule has 0 heterocycles. The third-order valence-electron chi connectivity index (χ3n) is 5.35. The number of benzene rings is 2. The second kappa shape index (κ2) is 13.5. The molecular formula is C25H34BrN3O5S. The molecule has 192 valence electrons. The fourth-order valence-corrected chi connectivity index (χ4v) is 4.79. The quantitative estimate of drug-likeness (QED) is 0.370. The summed E-state index contributed by atoms with van der Waals surface area (Å²) < 4.78 is 33.0. The Morgan fingerprint density at radius 1 is 1.11 bits per heavy atom. The summed E-state index contributed by atoms with van der Waals surface area (Å²) in [4.78, 5) is 27.8. The van der Waals surface area contributed by atoms with Crippen molar-refractivity contribution in [3.63, 3.8) is 0 Å². The minimum atomic E-state index is -3.83. The molecule has 2 amide bonds. The predicted octanol–water partition coefficient (Wildman–Crippen LogP) is 3.95. The van der Waals surface area contributed by atoms with Crippen LogP contribution in [0.5, 0.6) is 5.75 Å².